The molecule has 2 aliphatic rings. The number of benzene rings is 2. The van der Waals surface area contributed by atoms with Crippen molar-refractivity contribution in [3.8, 4) is 5.75 Å². The molecule has 0 radical (unpaired) electrons. The number of rotatable bonds is 4. The summed E-state index contributed by atoms with van der Waals surface area (Å²) < 4.78 is 5.46. The van der Waals surface area contributed by atoms with Gasteiger partial charge in [-0.25, -0.2) is 0 Å². The van der Waals surface area contributed by atoms with Crippen molar-refractivity contribution >= 4 is 33.8 Å². The molecule has 0 aliphatic carbocycles. The Morgan fingerprint density at radius 3 is 2.81 bits per heavy atom. The monoisotopic (exact) mass is 428 g/mol. The van der Waals surface area contributed by atoms with Gasteiger partial charge in [0.15, 0.2) is 6.61 Å². The standard InChI is InChI=1S/C26H28N4O2/c1-18(20-7-9-25-23(16-20)28-26(31)17-32-25)10-11-29-12-14-30(15-13-29)24-5-3-4-22-21(24)8-6-19(2)27-22/h3-10,16H,11-15,17H2,1-2H3,(H,28,31). The molecule has 1 amide bonds. The molecule has 3 heterocycles. The number of hydrogen-bond donors (Lipinski definition) is 1. The number of pyridine rings is 1. The Morgan fingerprint density at radius 1 is 1.12 bits per heavy atom. The van der Waals surface area contributed by atoms with Gasteiger partial charge in [-0.1, -0.05) is 18.2 Å². The van der Waals surface area contributed by atoms with Crippen molar-refractivity contribution < 1.29 is 9.53 Å². The molecule has 1 saturated heterocycles. The van der Waals surface area contributed by atoms with Crippen molar-refractivity contribution in [3.05, 3.63) is 65.9 Å². The fraction of sp³-hybridized carbons (Fsp3) is 0.308. The van der Waals surface area contributed by atoms with Crippen LogP contribution in [0.15, 0.2) is 54.6 Å². The third kappa shape index (κ3) is 4.18. The van der Waals surface area contributed by atoms with Gasteiger partial charge in [-0.2, -0.15) is 0 Å². The summed E-state index contributed by atoms with van der Waals surface area (Å²) in [6, 6.07) is 16.7. The number of carbonyl (C=O) groups is 1. The number of ether oxygens (including phenoxy) is 1. The molecule has 2 aliphatic heterocycles. The molecule has 1 fully saturated rings. The molecule has 6 nitrogen and oxygen atoms in total. The van der Waals surface area contributed by atoms with Gasteiger partial charge < -0.3 is 15.0 Å². The van der Waals surface area contributed by atoms with Gasteiger partial charge in [0.25, 0.3) is 5.91 Å². The van der Waals surface area contributed by atoms with E-state index in [2.05, 4.69) is 69.5 Å². The van der Waals surface area contributed by atoms with E-state index >= 15 is 0 Å². The third-order valence-corrected chi connectivity index (χ3v) is 6.28. The van der Waals surface area contributed by atoms with Gasteiger partial charge in [-0.15, -0.1) is 0 Å². The molecule has 0 atom stereocenters. The molecule has 32 heavy (non-hydrogen) atoms. The number of fused-ring (bicyclic) bond motifs is 2. The van der Waals surface area contributed by atoms with Crippen LogP contribution in [0.5, 0.6) is 5.75 Å². The highest BCUT2D eigenvalue weighted by Crippen LogP contribution is 2.31. The van der Waals surface area contributed by atoms with Crippen molar-refractivity contribution in [1.82, 2.24) is 9.88 Å². The van der Waals surface area contributed by atoms with Crippen molar-refractivity contribution in [2.75, 3.05) is 49.5 Å². The van der Waals surface area contributed by atoms with Gasteiger partial charge in [-0.3, -0.25) is 14.7 Å². The number of nitrogens with zero attached hydrogens (tertiary/aromatic N) is 3. The number of allylic oxidation sites excluding steroid dienone is 1. The Morgan fingerprint density at radius 2 is 1.97 bits per heavy atom. The normalized spacial score (nSPS) is 17.1. The van der Waals surface area contributed by atoms with Crippen LogP contribution < -0.4 is 15.0 Å². The molecule has 0 bridgehead atoms. The number of aromatic nitrogens is 1. The second-order valence-corrected chi connectivity index (χ2v) is 8.52. The molecule has 164 valence electrons. The number of amides is 1. The topological polar surface area (TPSA) is 57.7 Å². The number of nitrogens with one attached hydrogen (secondary N) is 1. The van der Waals surface area contributed by atoms with Gasteiger partial charge in [-0.05, 0) is 61.4 Å². The van der Waals surface area contributed by atoms with Crippen LogP contribution in [0.4, 0.5) is 11.4 Å². The first kappa shape index (κ1) is 20.5. The van der Waals surface area contributed by atoms with Gasteiger partial charge in [0.2, 0.25) is 0 Å². The molecule has 0 spiro atoms. The minimum Gasteiger partial charge on any atom is -0.482 e. The number of aryl methyl sites for hydroxylation is 1. The first-order valence-corrected chi connectivity index (χ1v) is 11.1. The van der Waals surface area contributed by atoms with Crippen molar-refractivity contribution in [3.63, 3.8) is 0 Å². The summed E-state index contributed by atoms with van der Waals surface area (Å²) in [4.78, 5) is 21.2. The van der Waals surface area contributed by atoms with Crippen LogP contribution in [0, 0.1) is 6.92 Å². The maximum absolute atomic E-state index is 11.6. The Balaban J connectivity index is 1.23. The molecule has 1 aromatic heterocycles. The second-order valence-electron chi connectivity index (χ2n) is 8.52. The summed E-state index contributed by atoms with van der Waals surface area (Å²) in [6.45, 7) is 9.20. The Kier molecular flexibility index (Phi) is 5.53. The molecule has 0 unspecified atom stereocenters. The van der Waals surface area contributed by atoms with Crippen LogP contribution >= 0.6 is 0 Å². The van der Waals surface area contributed by atoms with Gasteiger partial charge in [0.1, 0.15) is 5.75 Å². The minimum atomic E-state index is -0.105. The SMILES string of the molecule is CC(=CCN1CCN(c2cccc3nc(C)ccc23)CC1)c1ccc2c(c1)NC(=O)CO2. The fourth-order valence-electron chi connectivity index (χ4n) is 4.40. The first-order chi connectivity index (χ1) is 15.6. The summed E-state index contributed by atoms with van der Waals surface area (Å²) in [5.41, 5.74) is 6.45. The maximum Gasteiger partial charge on any atom is 0.262 e. The first-order valence-electron chi connectivity index (χ1n) is 11.1. The van der Waals surface area contributed by atoms with E-state index in [1.54, 1.807) is 0 Å². The van der Waals surface area contributed by atoms with E-state index < -0.39 is 0 Å². The lowest BCUT2D eigenvalue weighted by Crippen LogP contribution is -2.46. The zero-order chi connectivity index (χ0) is 22.1. The minimum absolute atomic E-state index is 0.0854. The molecular formula is C26H28N4O2. The van der Waals surface area contributed by atoms with E-state index in [-0.39, 0.29) is 12.5 Å². The van der Waals surface area contributed by atoms with Gasteiger partial charge in [0.05, 0.1) is 11.2 Å². The number of piperazine rings is 1. The molecule has 0 saturated carbocycles. The van der Waals surface area contributed by atoms with E-state index in [4.69, 9.17) is 4.74 Å². The lowest BCUT2D eigenvalue weighted by molar-refractivity contribution is -0.118. The van der Waals surface area contributed by atoms with Crippen LogP contribution in [-0.2, 0) is 4.79 Å². The average molecular weight is 429 g/mol. The van der Waals surface area contributed by atoms with Crippen molar-refractivity contribution in [1.29, 1.82) is 0 Å². The van der Waals surface area contributed by atoms with E-state index in [0.29, 0.717) is 0 Å². The van der Waals surface area contributed by atoms with Crippen LogP contribution in [0.3, 0.4) is 0 Å². The third-order valence-electron chi connectivity index (χ3n) is 6.28. The van der Waals surface area contributed by atoms with E-state index in [0.717, 1.165) is 60.9 Å². The largest absolute Gasteiger partial charge is 0.482 e. The van der Waals surface area contributed by atoms with Crippen LogP contribution in [0.1, 0.15) is 18.2 Å². The highest BCUT2D eigenvalue weighted by atomic mass is 16.5. The van der Waals surface area contributed by atoms with E-state index in [1.165, 1.54) is 16.6 Å². The smallest absolute Gasteiger partial charge is 0.262 e. The summed E-state index contributed by atoms with van der Waals surface area (Å²) in [7, 11) is 0. The maximum atomic E-state index is 11.6. The summed E-state index contributed by atoms with van der Waals surface area (Å²) in [5.74, 6) is 0.627. The summed E-state index contributed by atoms with van der Waals surface area (Å²) in [5, 5.41) is 4.11. The summed E-state index contributed by atoms with van der Waals surface area (Å²) in [6.07, 6.45) is 2.27. The van der Waals surface area contributed by atoms with Crippen LogP contribution in [-0.4, -0.2) is 55.1 Å². The van der Waals surface area contributed by atoms with Gasteiger partial charge in [0, 0.05) is 49.5 Å². The lowest BCUT2D eigenvalue weighted by atomic mass is 10.1. The second kappa shape index (κ2) is 8.63. The Labute approximate surface area is 188 Å². The molecular weight excluding hydrogens is 400 g/mol. The van der Waals surface area contributed by atoms with Gasteiger partial charge >= 0.3 is 0 Å². The molecule has 5 rings (SSSR count). The zero-order valence-electron chi connectivity index (χ0n) is 18.6. The number of carbonyl (C=O) groups excluding carboxylic acids is 1. The Bertz CT molecular complexity index is 1200. The van der Waals surface area contributed by atoms with E-state index in [9.17, 15) is 4.79 Å². The predicted octanol–water partition coefficient (Wildman–Crippen LogP) is 4.10. The van der Waals surface area contributed by atoms with E-state index in [1.807, 2.05) is 19.1 Å². The lowest BCUT2D eigenvalue weighted by Gasteiger charge is -2.36. The predicted molar refractivity (Wildman–Crippen MR) is 129 cm³/mol. The fourth-order valence-corrected chi connectivity index (χ4v) is 4.40. The zero-order valence-corrected chi connectivity index (χ0v) is 18.6. The van der Waals surface area contributed by atoms with Crippen molar-refractivity contribution in [2.24, 2.45) is 0 Å². The average Bonchev–Trinajstić information content (AvgIpc) is 2.81. The number of anilines is 2. The molecule has 2 aromatic carbocycles. The van der Waals surface area contributed by atoms with Crippen molar-refractivity contribution in [2.45, 2.75) is 13.8 Å². The molecule has 3 aromatic rings. The van der Waals surface area contributed by atoms with Crippen LogP contribution in [0.2, 0.25) is 0 Å². The Hall–Kier alpha value is -3.38. The highest BCUT2D eigenvalue weighted by Gasteiger charge is 2.19. The molecule has 1 N–H and O–H groups in total. The van der Waals surface area contributed by atoms with Crippen LogP contribution in [0.25, 0.3) is 16.5 Å². The highest BCUT2D eigenvalue weighted by molar-refractivity contribution is 5.96. The molecule has 6 heteroatoms. The summed E-state index contributed by atoms with van der Waals surface area (Å²) >= 11 is 0. The number of hydrogen-bond acceptors (Lipinski definition) is 5. The quantitative estimate of drug-likeness (QED) is 0.678.